The van der Waals surface area contributed by atoms with Gasteiger partial charge < -0.3 is 10.1 Å². The van der Waals surface area contributed by atoms with Gasteiger partial charge in [-0.05, 0) is 75.0 Å². The molecule has 6 atom stereocenters. The summed E-state index contributed by atoms with van der Waals surface area (Å²) in [7, 11) is 1.86. The predicted octanol–water partition coefficient (Wildman–Crippen LogP) is 3.83. The molecule has 128 valence electrons. The van der Waals surface area contributed by atoms with Crippen molar-refractivity contribution in [3.8, 4) is 0 Å². The molecule has 0 aromatic rings. The van der Waals surface area contributed by atoms with E-state index in [1.54, 1.807) is 5.57 Å². The number of methoxy groups -OCH3 is 1. The van der Waals surface area contributed by atoms with E-state index in [0.717, 1.165) is 37.5 Å². The molecule has 2 saturated carbocycles. The smallest absolute Gasteiger partial charge is 0.220 e. The van der Waals surface area contributed by atoms with Crippen molar-refractivity contribution in [2.75, 3.05) is 7.11 Å². The maximum absolute atomic E-state index is 11.9. The molecule has 0 aromatic heterocycles. The number of hydrogen-bond donors (Lipinski definition) is 1. The van der Waals surface area contributed by atoms with Crippen LogP contribution >= 0.6 is 0 Å². The molecule has 1 amide bonds. The SMILES string of the molecule is CO[C@H]1CCC2(C)C(=CC[C@@H]3[C@@H]2CC[C@]2(C)NC(=O)CC[C@@H]32)C1. The van der Waals surface area contributed by atoms with Crippen LogP contribution in [0.1, 0.15) is 65.2 Å². The van der Waals surface area contributed by atoms with Gasteiger partial charge in [0, 0.05) is 19.1 Å². The molecule has 0 aromatic carbocycles. The van der Waals surface area contributed by atoms with E-state index in [1.807, 2.05) is 7.11 Å². The summed E-state index contributed by atoms with van der Waals surface area (Å²) in [4.78, 5) is 11.9. The monoisotopic (exact) mass is 317 g/mol. The lowest BCUT2D eigenvalue weighted by atomic mass is 9.48. The molecular formula is C20H31NO2. The van der Waals surface area contributed by atoms with Gasteiger partial charge in [0.15, 0.2) is 0 Å². The topological polar surface area (TPSA) is 38.3 Å². The zero-order chi connectivity index (χ0) is 16.2. The lowest BCUT2D eigenvalue weighted by Crippen LogP contribution is -2.62. The molecular weight excluding hydrogens is 286 g/mol. The van der Waals surface area contributed by atoms with Gasteiger partial charge in [-0.3, -0.25) is 4.79 Å². The Bertz CT molecular complexity index is 542. The molecule has 4 rings (SSSR count). The van der Waals surface area contributed by atoms with Crippen molar-refractivity contribution < 1.29 is 9.53 Å². The summed E-state index contributed by atoms with van der Waals surface area (Å²) >= 11 is 0. The Morgan fingerprint density at radius 1 is 1.17 bits per heavy atom. The summed E-state index contributed by atoms with van der Waals surface area (Å²) in [5, 5.41) is 3.35. The normalized spacial score (nSPS) is 49.3. The lowest BCUT2D eigenvalue weighted by Gasteiger charge is -2.59. The number of ether oxygens (including phenoxy) is 1. The molecule has 23 heavy (non-hydrogen) atoms. The van der Waals surface area contributed by atoms with Crippen LogP contribution in [0.4, 0.5) is 0 Å². The van der Waals surface area contributed by atoms with Gasteiger partial charge in [-0.1, -0.05) is 18.6 Å². The Labute approximate surface area is 140 Å². The molecule has 3 heteroatoms. The van der Waals surface area contributed by atoms with Crippen LogP contribution in [0.25, 0.3) is 0 Å². The van der Waals surface area contributed by atoms with E-state index < -0.39 is 0 Å². The average Bonchev–Trinajstić information content (AvgIpc) is 2.52. The highest BCUT2D eigenvalue weighted by molar-refractivity contribution is 5.77. The molecule has 1 N–H and O–H groups in total. The van der Waals surface area contributed by atoms with E-state index in [9.17, 15) is 4.79 Å². The molecule has 1 heterocycles. The van der Waals surface area contributed by atoms with Gasteiger partial charge in [0.1, 0.15) is 0 Å². The molecule has 1 saturated heterocycles. The van der Waals surface area contributed by atoms with Gasteiger partial charge in [0.05, 0.1) is 6.10 Å². The van der Waals surface area contributed by atoms with Gasteiger partial charge in [-0.15, -0.1) is 0 Å². The molecule has 3 aliphatic carbocycles. The Kier molecular flexibility index (Phi) is 3.64. The number of carbonyl (C=O) groups is 1. The van der Waals surface area contributed by atoms with Crippen LogP contribution in [-0.2, 0) is 9.53 Å². The maximum atomic E-state index is 11.9. The number of fused-ring (bicyclic) bond motifs is 5. The Morgan fingerprint density at radius 2 is 2.00 bits per heavy atom. The van der Waals surface area contributed by atoms with Crippen molar-refractivity contribution in [2.45, 2.75) is 76.9 Å². The second kappa shape index (κ2) is 5.34. The van der Waals surface area contributed by atoms with Crippen LogP contribution in [0, 0.1) is 23.2 Å². The number of allylic oxidation sites excluding steroid dienone is 1. The summed E-state index contributed by atoms with van der Waals surface area (Å²) in [5.41, 5.74) is 2.09. The molecule has 0 spiro atoms. The van der Waals surface area contributed by atoms with Gasteiger partial charge in [-0.2, -0.15) is 0 Å². The first-order valence-electron chi connectivity index (χ1n) is 9.49. The third-order valence-electron chi connectivity index (χ3n) is 7.89. The first-order chi connectivity index (χ1) is 11.0. The number of nitrogens with one attached hydrogen (secondary N) is 1. The van der Waals surface area contributed by atoms with Crippen LogP contribution in [0.3, 0.4) is 0 Å². The number of hydrogen-bond acceptors (Lipinski definition) is 2. The van der Waals surface area contributed by atoms with Crippen molar-refractivity contribution in [1.29, 1.82) is 0 Å². The summed E-state index contributed by atoms with van der Waals surface area (Å²) < 4.78 is 5.65. The van der Waals surface area contributed by atoms with Crippen molar-refractivity contribution in [3.63, 3.8) is 0 Å². The van der Waals surface area contributed by atoms with E-state index in [0.29, 0.717) is 17.4 Å². The molecule has 1 aliphatic heterocycles. The van der Waals surface area contributed by atoms with Gasteiger partial charge in [0.25, 0.3) is 0 Å². The standard InChI is InChI=1S/C20H31NO2/c1-19-10-8-14(23-3)12-13(19)4-5-15-16(19)9-11-20(2)17(15)6-7-18(22)21-20/h4,14-17H,5-12H2,1-3H3,(H,21,22)/t14-,15+,16-,17-,19?,20-/m0/s1. The highest BCUT2D eigenvalue weighted by Gasteiger charge is 2.55. The zero-order valence-electron chi connectivity index (χ0n) is 14.9. The van der Waals surface area contributed by atoms with E-state index in [2.05, 4.69) is 25.2 Å². The fourth-order valence-corrected chi connectivity index (χ4v) is 6.50. The van der Waals surface area contributed by atoms with Crippen molar-refractivity contribution in [3.05, 3.63) is 11.6 Å². The van der Waals surface area contributed by atoms with Gasteiger partial charge in [0.2, 0.25) is 5.91 Å². The third-order valence-corrected chi connectivity index (χ3v) is 7.89. The van der Waals surface area contributed by atoms with Crippen LogP contribution in [-0.4, -0.2) is 24.7 Å². The predicted molar refractivity (Wildman–Crippen MR) is 90.9 cm³/mol. The first-order valence-corrected chi connectivity index (χ1v) is 9.49. The second-order valence-electron chi connectivity index (χ2n) is 8.90. The number of piperidine rings is 1. The van der Waals surface area contributed by atoms with Crippen molar-refractivity contribution in [2.24, 2.45) is 23.2 Å². The van der Waals surface area contributed by atoms with Crippen LogP contribution in [0.2, 0.25) is 0 Å². The largest absolute Gasteiger partial charge is 0.381 e. The molecule has 3 fully saturated rings. The third kappa shape index (κ3) is 2.30. The molecule has 3 nitrogen and oxygen atoms in total. The molecule has 0 bridgehead atoms. The Balaban J connectivity index is 1.63. The summed E-state index contributed by atoms with van der Waals surface area (Å²) in [5.74, 6) is 2.48. The number of rotatable bonds is 1. The zero-order valence-corrected chi connectivity index (χ0v) is 14.9. The van der Waals surface area contributed by atoms with Gasteiger partial charge in [-0.25, -0.2) is 0 Å². The molecule has 1 unspecified atom stereocenters. The second-order valence-corrected chi connectivity index (χ2v) is 8.90. The number of amides is 1. The molecule has 0 radical (unpaired) electrons. The fraction of sp³-hybridized carbons (Fsp3) is 0.850. The van der Waals surface area contributed by atoms with Crippen molar-refractivity contribution >= 4 is 5.91 Å². The van der Waals surface area contributed by atoms with E-state index in [-0.39, 0.29) is 11.4 Å². The lowest BCUT2D eigenvalue weighted by molar-refractivity contribution is -0.131. The quantitative estimate of drug-likeness (QED) is 0.746. The Morgan fingerprint density at radius 3 is 2.78 bits per heavy atom. The van der Waals surface area contributed by atoms with Gasteiger partial charge >= 0.3 is 0 Å². The van der Waals surface area contributed by atoms with E-state index >= 15 is 0 Å². The number of carbonyl (C=O) groups excluding carboxylic acids is 1. The van der Waals surface area contributed by atoms with E-state index in [1.165, 1.54) is 25.7 Å². The van der Waals surface area contributed by atoms with Crippen LogP contribution in [0.15, 0.2) is 11.6 Å². The van der Waals surface area contributed by atoms with Crippen LogP contribution in [0.5, 0.6) is 0 Å². The minimum Gasteiger partial charge on any atom is -0.381 e. The Hall–Kier alpha value is -0.830. The average molecular weight is 317 g/mol. The minimum absolute atomic E-state index is 0.0436. The van der Waals surface area contributed by atoms with E-state index in [4.69, 9.17) is 4.74 Å². The summed E-state index contributed by atoms with van der Waals surface area (Å²) in [6.45, 7) is 4.82. The fourth-order valence-electron chi connectivity index (χ4n) is 6.50. The van der Waals surface area contributed by atoms with Crippen LogP contribution < -0.4 is 5.32 Å². The van der Waals surface area contributed by atoms with Crippen molar-refractivity contribution in [1.82, 2.24) is 5.32 Å². The highest BCUT2D eigenvalue weighted by atomic mass is 16.5. The first kappa shape index (κ1) is 15.7. The summed E-state index contributed by atoms with van der Waals surface area (Å²) in [6.07, 6.45) is 12.0. The summed E-state index contributed by atoms with van der Waals surface area (Å²) in [6, 6.07) is 0. The maximum Gasteiger partial charge on any atom is 0.220 e. The highest BCUT2D eigenvalue weighted by Crippen LogP contribution is 2.60. The molecule has 4 aliphatic rings. The minimum atomic E-state index is 0.0436.